The first-order valence-corrected chi connectivity index (χ1v) is 11.2. The van der Waals surface area contributed by atoms with Gasteiger partial charge >= 0.3 is 0 Å². The summed E-state index contributed by atoms with van der Waals surface area (Å²) in [5.74, 6) is 0.606. The lowest BCUT2D eigenvalue weighted by Gasteiger charge is -2.34. The van der Waals surface area contributed by atoms with Crippen molar-refractivity contribution in [1.82, 2.24) is 9.62 Å². The second-order valence-corrected chi connectivity index (χ2v) is 9.53. The molecular weight excluding hydrogens is 364 g/mol. The molecule has 1 saturated heterocycles. The lowest BCUT2D eigenvalue weighted by Crippen LogP contribution is -2.42. The number of hydrogen-bond acceptors (Lipinski definition) is 4. The first kappa shape index (κ1) is 21.7. The Bertz CT molecular complexity index is 749. The summed E-state index contributed by atoms with van der Waals surface area (Å²) in [5, 5.41) is 2.95. The maximum Gasteiger partial charge on any atom is 0.251 e. The third-order valence-corrected chi connectivity index (χ3v) is 7.05. The van der Waals surface area contributed by atoms with Crippen LogP contribution in [-0.4, -0.2) is 44.9 Å². The van der Waals surface area contributed by atoms with Crippen LogP contribution in [0.2, 0.25) is 0 Å². The van der Waals surface area contributed by atoms with E-state index >= 15 is 0 Å². The molecule has 0 saturated carbocycles. The number of piperidine rings is 1. The van der Waals surface area contributed by atoms with Crippen LogP contribution in [0.25, 0.3) is 0 Å². The molecule has 0 bridgehead atoms. The Labute approximate surface area is 163 Å². The molecule has 7 heteroatoms. The van der Waals surface area contributed by atoms with Crippen molar-refractivity contribution < 1.29 is 17.9 Å². The van der Waals surface area contributed by atoms with E-state index in [1.54, 1.807) is 12.1 Å². The number of nitrogens with zero attached hydrogens (tertiary/aromatic N) is 1. The summed E-state index contributed by atoms with van der Waals surface area (Å²) >= 11 is 0. The third-order valence-electron chi connectivity index (χ3n) is 5.20. The fraction of sp³-hybridized carbons (Fsp3) is 0.650. The van der Waals surface area contributed by atoms with Crippen molar-refractivity contribution in [1.29, 1.82) is 0 Å². The monoisotopic (exact) mass is 396 g/mol. The zero-order valence-electron chi connectivity index (χ0n) is 17.0. The van der Waals surface area contributed by atoms with Gasteiger partial charge in [-0.05, 0) is 49.3 Å². The van der Waals surface area contributed by atoms with Gasteiger partial charge in [0.05, 0.1) is 7.11 Å². The highest BCUT2D eigenvalue weighted by Gasteiger charge is 2.34. The van der Waals surface area contributed by atoms with Gasteiger partial charge in [0.25, 0.3) is 5.91 Å². The molecule has 1 aromatic rings. The summed E-state index contributed by atoms with van der Waals surface area (Å²) in [6.07, 6.45) is 2.67. The van der Waals surface area contributed by atoms with Crippen LogP contribution < -0.4 is 10.1 Å². The lowest BCUT2D eigenvalue weighted by atomic mass is 9.94. The SMILES string of the molecule is CCC(CC)NC(=O)c1ccc(OC)c(S(=O)(=O)N2CC(C)CC(C)C2)c1. The van der Waals surface area contributed by atoms with Crippen molar-refractivity contribution in [2.45, 2.75) is 57.9 Å². The van der Waals surface area contributed by atoms with Crippen LogP contribution in [0.1, 0.15) is 57.3 Å². The number of nitrogens with one attached hydrogen (secondary N) is 1. The highest BCUT2D eigenvalue weighted by Crippen LogP contribution is 2.32. The fourth-order valence-corrected chi connectivity index (χ4v) is 5.58. The molecule has 0 spiro atoms. The number of benzene rings is 1. The van der Waals surface area contributed by atoms with Gasteiger partial charge in [-0.1, -0.05) is 27.7 Å². The zero-order valence-corrected chi connectivity index (χ0v) is 17.8. The molecule has 6 nitrogen and oxygen atoms in total. The highest BCUT2D eigenvalue weighted by atomic mass is 32.2. The number of rotatable bonds is 7. The number of sulfonamides is 1. The van der Waals surface area contributed by atoms with Crippen LogP contribution in [0.4, 0.5) is 0 Å². The van der Waals surface area contributed by atoms with Crippen LogP contribution in [0, 0.1) is 11.8 Å². The van der Waals surface area contributed by atoms with Crippen molar-refractivity contribution in [3.8, 4) is 5.75 Å². The fourth-order valence-electron chi connectivity index (χ4n) is 3.72. The lowest BCUT2D eigenvalue weighted by molar-refractivity contribution is 0.0934. The van der Waals surface area contributed by atoms with Gasteiger partial charge in [-0.15, -0.1) is 0 Å². The van der Waals surface area contributed by atoms with Gasteiger partial charge in [-0.3, -0.25) is 4.79 Å². The van der Waals surface area contributed by atoms with Crippen LogP contribution in [-0.2, 0) is 10.0 Å². The number of carbonyl (C=O) groups is 1. The standard InChI is InChI=1S/C20H32N2O4S/c1-6-17(7-2)21-20(23)16-8-9-18(26-5)19(11-16)27(24,25)22-12-14(3)10-15(4)13-22/h8-9,11,14-15,17H,6-7,10,12-13H2,1-5H3,(H,21,23). The average molecular weight is 397 g/mol. The number of amides is 1. The largest absolute Gasteiger partial charge is 0.495 e. The van der Waals surface area contributed by atoms with Gasteiger partial charge < -0.3 is 10.1 Å². The summed E-state index contributed by atoms with van der Waals surface area (Å²) < 4.78 is 33.4. The van der Waals surface area contributed by atoms with E-state index in [0.29, 0.717) is 30.5 Å². The average Bonchev–Trinajstić information content (AvgIpc) is 2.64. The minimum Gasteiger partial charge on any atom is -0.495 e. The molecule has 1 N–H and O–H groups in total. The van der Waals surface area contributed by atoms with Crippen molar-refractivity contribution in [3.63, 3.8) is 0 Å². The molecule has 0 aromatic heterocycles. The molecule has 2 unspecified atom stereocenters. The molecule has 152 valence electrons. The molecule has 1 aliphatic heterocycles. The molecule has 1 aromatic carbocycles. The smallest absolute Gasteiger partial charge is 0.251 e. The molecule has 1 amide bonds. The van der Waals surface area contributed by atoms with Crippen LogP contribution >= 0.6 is 0 Å². The van der Waals surface area contributed by atoms with E-state index in [0.717, 1.165) is 19.3 Å². The summed E-state index contributed by atoms with van der Waals surface area (Å²) in [7, 11) is -2.29. The Morgan fingerprint density at radius 3 is 2.33 bits per heavy atom. The second-order valence-electron chi connectivity index (χ2n) is 7.62. The third kappa shape index (κ3) is 5.02. The van der Waals surface area contributed by atoms with Gasteiger partial charge in [0.15, 0.2) is 0 Å². The van der Waals surface area contributed by atoms with Gasteiger partial charge in [0.1, 0.15) is 10.6 Å². The minimum absolute atomic E-state index is 0.0588. The first-order valence-electron chi connectivity index (χ1n) is 9.71. The van der Waals surface area contributed by atoms with Crippen LogP contribution in [0.15, 0.2) is 23.1 Å². The van der Waals surface area contributed by atoms with Crippen molar-refractivity contribution in [2.75, 3.05) is 20.2 Å². The molecular formula is C20H32N2O4S. The molecule has 2 atom stereocenters. The van der Waals surface area contributed by atoms with E-state index in [1.165, 1.54) is 17.5 Å². The quantitative estimate of drug-likeness (QED) is 0.767. The molecule has 1 aliphatic rings. The maximum absolute atomic E-state index is 13.3. The van der Waals surface area contributed by atoms with Crippen LogP contribution in [0.3, 0.4) is 0 Å². The second kappa shape index (κ2) is 9.06. The Hall–Kier alpha value is -1.60. The van der Waals surface area contributed by atoms with E-state index in [1.807, 2.05) is 13.8 Å². The van der Waals surface area contributed by atoms with Gasteiger partial charge in [-0.2, -0.15) is 4.31 Å². The normalized spacial score (nSPS) is 21.3. The number of ether oxygens (including phenoxy) is 1. The molecule has 0 radical (unpaired) electrons. The van der Waals surface area contributed by atoms with Gasteiger partial charge in [0.2, 0.25) is 10.0 Å². The summed E-state index contributed by atoms with van der Waals surface area (Å²) in [6, 6.07) is 4.68. The van der Waals surface area contributed by atoms with E-state index in [9.17, 15) is 13.2 Å². The minimum atomic E-state index is -3.74. The topological polar surface area (TPSA) is 75.7 Å². The Kier molecular flexibility index (Phi) is 7.28. The Balaban J connectivity index is 2.38. The van der Waals surface area contributed by atoms with Crippen molar-refractivity contribution in [3.05, 3.63) is 23.8 Å². The molecule has 1 fully saturated rings. The first-order chi connectivity index (χ1) is 12.7. The number of methoxy groups -OCH3 is 1. The van der Waals surface area contributed by atoms with Crippen molar-refractivity contribution in [2.24, 2.45) is 11.8 Å². The Morgan fingerprint density at radius 1 is 1.22 bits per heavy atom. The zero-order chi connectivity index (χ0) is 20.2. The van der Waals surface area contributed by atoms with Gasteiger partial charge in [-0.25, -0.2) is 8.42 Å². The highest BCUT2D eigenvalue weighted by molar-refractivity contribution is 7.89. The van der Waals surface area contributed by atoms with Crippen molar-refractivity contribution >= 4 is 15.9 Å². The predicted molar refractivity (Wildman–Crippen MR) is 107 cm³/mol. The molecule has 2 rings (SSSR count). The molecule has 27 heavy (non-hydrogen) atoms. The van der Waals surface area contributed by atoms with E-state index < -0.39 is 10.0 Å². The predicted octanol–water partition coefficient (Wildman–Crippen LogP) is 3.28. The summed E-state index contributed by atoms with van der Waals surface area (Å²) in [6.45, 7) is 9.12. The van der Waals surface area contributed by atoms with Crippen LogP contribution in [0.5, 0.6) is 5.75 Å². The van der Waals surface area contributed by atoms with E-state index in [-0.39, 0.29) is 22.6 Å². The van der Waals surface area contributed by atoms with Gasteiger partial charge in [0, 0.05) is 24.7 Å². The maximum atomic E-state index is 13.3. The number of hydrogen-bond donors (Lipinski definition) is 1. The Morgan fingerprint density at radius 2 is 1.81 bits per heavy atom. The summed E-state index contributed by atoms with van der Waals surface area (Å²) in [5.41, 5.74) is 0.333. The molecule has 0 aliphatic carbocycles. The molecule has 1 heterocycles. The van der Waals surface area contributed by atoms with E-state index in [4.69, 9.17) is 4.74 Å². The van der Waals surface area contributed by atoms with E-state index in [2.05, 4.69) is 19.2 Å². The summed E-state index contributed by atoms with van der Waals surface area (Å²) in [4.78, 5) is 12.6. The number of carbonyl (C=O) groups excluding carboxylic acids is 1.